The first-order chi connectivity index (χ1) is 16.0. The molecule has 2 amide bonds. The van der Waals surface area contributed by atoms with Crippen molar-refractivity contribution in [2.75, 3.05) is 31.3 Å². The lowest BCUT2D eigenvalue weighted by molar-refractivity contribution is -0.133. The van der Waals surface area contributed by atoms with Crippen molar-refractivity contribution in [3.05, 3.63) is 72.8 Å². The molecule has 0 aliphatic carbocycles. The van der Waals surface area contributed by atoms with Crippen LogP contribution in [0.3, 0.4) is 0 Å². The predicted octanol–water partition coefficient (Wildman–Crippen LogP) is 1.45. The van der Waals surface area contributed by atoms with Gasteiger partial charge >= 0.3 is 11.8 Å². The summed E-state index contributed by atoms with van der Waals surface area (Å²) >= 11 is 0. The SMILES string of the molecule is CN(C)CCn1ccc(NC(=O)C(=O)Nc2ccnn2Cc2cnn(-c3ccccc3)c2)n1. The molecule has 11 heteroatoms. The molecule has 3 aromatic heterocycles. The maximum absolute atomic E-state index is 12.4. The molecule has 0 saturated heterocycles. The van der Waals surface area contributed by atoms with E-state index in [1.165, 1.54) is 0 Å². The first-order valence-electron chi connectivity index (χ1n) is 10.4. The van der Waals surface area contributed by atoms with E-state index >= 15 is 0 Å². The van der Waals surface area contributed by atoms with Crippen molar-refractivity contribution in [2.45, 2.75) is 13.1 Å². The molecule has 0 spiro atoms. The van der Waals surface area contributed by atoms with E-state index in [0.29, 0.717) is 24.7 Å². The highest BCUT2D eigenvalue weighted by molar-refractivity contribution is 6.43. The minimum absolute atomic E-state index is 0.315. The molecule has 0 atom stereocenters. The molecule has 0 aliphatic heterocycles. The van der Waals surface area contributed by atoms with Crippen molar-refractivity contribution in [3.63, 3.8) is 0 Å². The van der Waals surface area contributed by atoms with E-state index in [1.807, 2.05) is 55.5 Å². The monoisotopic (exact) mass is 447 g/mol. The molecule has 0 saturated carbocycles. The number of rotatable bonds is 8. The van der Waals surface area contributed by atoms with Crippen LogP contribution in [0.5, 0.6) is 0 Å². The van der Waals surface area contributed by atoms with Gasteiger partial charge in [0.1, 0.15) is 5.82 Å². The van der Waals surface area contributed by atoms with Gasteiger partial charge in [0.25, 0.3) is 0 Å². The Bertz CT molecular complexity index is 1220. The number of hydrogen-bond acceptors (Lipinski definition) is 6. The number of likely N-dealkylation sites (N-methyl/N-ethyl adjacent to an activating group) is 1. The highest BCUT2D eigenvalue weighted by atomic mass is 16.2. The topological polar surface area (TPSA) is 115 Å². The lowest BCUT2D eigenvalue weighted by Gasteiger charge is -2.09. The number of anilines is 2. The Hall–Kier alpha value is -4.25. The minimum atomic E-state index is -0.808. The van der Waals surface area contributed by atoms with Crippen molar-refractivity contribution in [2.24, 2.45) is 0 Å². The van der Waals surface area contributed by atoms with Gasteiger partial charge in [0, 0.05) is 36.6 Å². The molecular formula is C22H25N9O2. The molecule has 11 nitrogen and oxygen atoms in total. The van der Waals surface area contributed by atoms with Gasteiger partial charge in [-0.3, -0.25) is 14.3 Å². The fourth-order valence-electron chi connectivity index (χ4n) is 3.10. The zero-order valence-electron chi connectivity index (χ0n) is 18.4. The molecular weight excluding hydrogens is 422 g/mol. The van der Waals surface area contributed by atoms with Gasteiger partial charge in [-0.15, -0.1) is 0 Å². The van der Waals surface area contributed by atoms with E-state index < -0.39 is 11.8 Å². The third-order valence-electron chi connectivity index (χ3n) is 4.81. The number of nitrogens with one attached hydrogen (secondary N) is 2. The molecule has 33 heavy (non-hydrogen) atoms. The first kappa shape index (κ1) is 22.0. The number of benzene rings is 1. The summed E-state index contributed by atoms with van der Waals surface area (Å²) in [4.78, 5) is 26.8. The van der Waals surface area contributed by atoms with Crippen LogP contribution in [0.1, 0.15) is 5.56 Å². The number of hydrogen-bond donors (Lipinski definition) is 2. The smallest absolute Gasteiger partial charge is 0.308 e. The fourth-order valence-corrected chi connectivity index (χ4v) is 3.10. The molecule has 0 bridgehead atoms. The van der Waals surface area contributed by atoms with Crippen molar-refractivity contribution in [1.29, 1.82) is 0 Å². The quantitative estimate of drug-likeness (QED) is 0.395. The van der Waals surface area contributed by atoms with Gasteiger partial charge in [-0.2, -0.15) is 15.3 Å². The van der Waals surface area contributed by atoms with Crippen LogP contribution in [0.15, 0.2) is 67.3 Å². The molecule has 4 rings (SSSR count). The van der Waals surface area contributed by atoms with E-state index in [0.717, 1.165) is 17.8 Å². The van der Waals surface area contributed by atoms with Crippen molar-refractivity contribution >= 4 is 23.5 Å². The number of aromatic nitrogens is 6. The normalized spacial score (nSPS) is 11.0. The third-order valence-corrected chi connectivity index (χ3v) is 4.81. The number of carbonyl (C=O) groups excluding carboxylic acids is 2. The van der Waals surface area contributed by atoms with Crippen LogP contribution in [0.4, 0.5) is 11.6 Å². The second-order valence-corrected chi connectivity index (χ2v) is 7.68. The first-order valence-corrected chi connectivity index (χ1v) is 10.4. The average molecular weight is 448 g/mol. The van der Waals surface area contributed by atoms with Gasteiger partial charge in [-0.05, 0) is 26.2 Å². The summed E-state index contributed by atoms with van der Waals surface area (Å²) < 4.78 is 5.06. The lowest BCUT2D eigenvalue weighted by Crippen LogP contribution is -2.30. The number of para-hydroxylation sites is 1. The number of carbonyl (C=O) groups is 2. The summed E-state index contributed by atoms with van der Waals surface area (Å²) in [6.45, 7) is 1.87. The zero-order chi connectivity index (χ0) is 23.2. The van der Waals surface area contributed by atoms with Crippen molar-refractivity contribution in [1.82, 2.24) is 34.2 Å². The van der Waals surface area contributed by atoms with Gasteiger partial charge in [-0.1, -0.05) is 18.2 Å². The molecule has 0 unspecified atom stereocenters. The summed E-state index contributed by atoms with van der Waals surface area (Å²) in [6.07, 6.45) is 6.94. The van der Waals surface area contributed by atoms with Crippen molar-refractivity contribution < 1.29 is 9.59 Å². The summed E-state index contributed by atoms with van der Waals surface area (Å²) in [7, 11) is 3.94. The van der Waals surface area contributed by atoms with Crippen LogP contribution in [0.25, 0.3) is 5.69 Å². The van der Waals surface area contributed by atoms with E-state index in [9.17, 15) is 9.59 Å². The van der Waals surface area contributed by atoms with E-state index in [1.54, 1.807) is 44.8 Å². The Kier molecular flexibility index (Phi) is 6.60. The van der Waals surface area contributed by atoms with Gasteiger partial charge in [0.2, 0.25) is 0 Å². The standard InChI is InChI=1S/C22H25N9O2/c1-28(2)12-13-29-11-9-19(27-29)25-21(32)22(33)26-20-8-10-23-31(20)16-17-14-24-30(15-17)18-6-4-3-5-7-18/h3-11,14-15H,12-13,16H2,1-2H3,(H,26,33)(H,25,27,32). The second kappa shape index (κ2) is 9.92. The molecule has 170 valence electrons. The average Bonchev–Trinajstić information content (AvgIpc) is 3.55. The maximum atomic E-state index is 12.4. The van der Waals surface area contributed by atoms with Crippen LogP contribution < -0.4 is 10.6 Å². The molecule has 0 fully saturated rings. The van der Waals surface area contributed by atoms with E-state index in [-0.39, 0.29) is 0 Å². The third kappa shape index (κ3) is 5.71. The molecule has 2 N–H and O–H groups in total. The Morgan fingerprint density at radius 3 is 2.58 bits per heavy atom. The van der Waals surface area contributed by atoms with Crippen LogP contribution in [-0.4, -0.2) is 66.7 Å². The highest BCUT2D eigenvalue weighted by Gasteiger charge is 2.17. The van der Waals surface area contributed by atoms with Gasteiger partial charge < -0.3 is 15.5 Å². The van der Waals surface area contributed by atoms with Crippen molar-refractivity contribution in [3.8, 4) is 5.69 Å². The Balaban J connectivity index is 1.35. The summed E-state index contributed by atoms with van der Waals surface area (Å²) in [5, 5.41) is 18.0. The zero-order valence-corrected chi connectivity index (χ0v) is 18.4. The Morgan fingerprint density at radius 1 is 1.00 bits per heavy atom. The van der Waals surface area contributed by atoms with Crippen LogP contribution in [0, 0.1) is 0 Å². The fraction of sp³-hybridized carbons (Fsp3) is 0.227. The maximum Gasteiger partial charge on any atom is 0.315 e. The summed E-state index contributed by atoms with van der Waals surface area (Å²) in [5.74, 6) is -0.896. The minimum Gasteiger partial charge on any atom is -0.308 e. The second-order valence-electron chi connectivity index (χ2n) is 7.68. The Morgan fingerprint density at radius 2 is 1.79 bits per heavy atom. The molecule has 1 aromatic carbocycles. The van der Waals surface area contributed by atoms with Gasteiger partial charge in [0.15, 0.2) is 5.82 Å². The molecule has 3 heterocycles. The molecule has 0 aliphatic rings. The largest absolute Gasteiger partial charge is 0.315 e. The van der Waals surface area contributed by atoms with Crippen LogP contribution >= 0.6 is 0 Å². The summed E-state index contributed by atoms with van der Waals surface area (Å²) in [5.41, 5.74) is 1.84. The number of amides is 2. The number of nitrogens with zero attached hydrogens (tertiary/aromatic N) is 7. The van der Waals surface area contributed by atoms with Gasteiger partial charge in [-0.25, -0.2) is 9.36 Å². The molecule has 4 aromatic rings. The van der Waals surface area contributed by atoms with Gasteiger partial charge in [0.05, 0.1) is 31.2 Å². The van der Waals surface area contributed by atoms with E-state index in [2.05, 4.69) is 25.9 Å². The van der Waals surface area contributed by atoms with Crippen LogP contribution in [0.2, 0.25) is 0 Å². The summed E-state index contributed by atoms with van der Waals surface area (Å²) in [6, 6.07) is 13.0. The molecule has 0 radical (unpaired) electrons. The predicted molar refractivity (Wildman–Crippen MR) is 123 cm³/mol. The Labute approximate surface area is 190 Å². The van der Waals surface area contributed by atoms with Crippen LogP contribution in [-0.2, 0) is 22.7 Å². The lowest BCUT2D eigenvalue weighted by atomic mass is 10.3. The highest BCUT2D eigenvalue weighted by Crippen LogP contribution is 2.13. The van der Waals surface area contributed by atoms with E-state index in [4.69, 9.17) is 0 Å².